The number of hydrogen-bond donors (Lipinski definition) is 1. The highest BCUT2D eigenvalue weighted by Gasteiger charge is 2.47. The zero-order chi connectivity index (χ0) is 31.2. The lowest BCUT2D eigenvalue weighted by Crippen LogP contribution is -2.46. The molecule has 4 aromatic carbocycles. The first kappa shape index (κ1) is 29.9. The lowest BCUT2D eigenvalue weighted by molar-refractivity contribution is -0.141. The Morgan fingerprint density at radius 1 is 0.705 bits per heavy atom. The van der Waals surface area contributed by atoms with Crippen molar-refractivity contribution in [3.63, 3.8) is 0 Å². The quantitative estimate of drug-likeness (QED) is 0.0797. The maximum atomic E-state index is 13.5. The minimum absolute atomic E-state index is 0.204. The third-order valence-electron chi connectivity index (χ3n) is 7.73. The molecule has 1 atom stereocenters. The number of carbonyl (C=O) groups excluding carboxylic acids is 2. The summed E-state index contributed by atoms with van der Waals surface area (Å²) in [4.78, 5) is 44.7. The maximum Gasteiger partial charge on any atom is 0.327 e. The van der Waals surface area contributed by atoms with Crippen LogP contribution in [-0.4, -0.2) is 43.4 Å². The zero-order valence-corrected chi connectivity index (χ0v) is 25.6. The van der Waals surface area contributed by atoms with Crippen molar-refractivity contribution in [1.82, 2.24) is 14.5 Å². The average molecular weight is 665 g/mol. The molecule has 0 radical (unpaired) electrons. The number of carboxylic acids is 1. The van der Waals surface area contributed by atoms with Crippen molar-refractivity contribution in [2.75, 3.05) is 0 Å². The van der Waals surface area contributed by atoms with Crippen molar-refractivity contribution >= 4 is 64.2 Å². The SMILES string of the molecule is O=C(O)[C@@H](Cc1cn(C(c2ccccc2)(c2ccccc2)c2ccccc2)cn1)N1C(=O)c2c(Cl)c(Cl)c(Cl)c(Cl)c2C1=O. The second kappa shape index (κ2) is 11.7. The van der Waals surface area contributed by atoms with Crippen LogP contribution in [0.15, 0.2) is 104 Å². The van der Waals surface area contributed by atoms with E-state index in [1.807, 2.05) is 95.6 Å². The predicted octanol–water partition coefficient (Wildman–Crippen LogP) is 7.63. The van der Waals surface area contributed by atoms with Crippen LogP contribution in [0.5, 0.6) is 0 Å². The smallest absolute Gasteiger partial charge is 0.327 e. The van der Waals surface area contributed by atoms with Crippen LogP contribution in [0.1, 0.15) is 43.1 Å². The van der Waals surface area contributed by atoms with E-state index in [-0.39, 0.29) is 37.6 Å². The molecule has 5 aromatic rings. The Kier molecular flexibility index (Phi) is 7.99. The summed E-state index contributed by atoms with van der Waals surface area (Å²) in [5, 5.41) is 9.30. The molecule has 0 spiro atoms. The van der Waals surface area contributed by atoms with Crippen molar-refractivity contribution in [3.05, 3.63) is 157 Å². The van der Waals surface area contributed by atoms with E-state index >= 15 is 0 Å². The Labute approximate surface area is 272 Å². The third-order valence-corrected chi connectivity index (χ3v) is 9.53. The number of carbonyl (C=O) groups is 3. The Hall–Kier alpha value is -4.14. The number of imidazole rings is 1. The summed E-state index contributed by atoms with van der Waals surface area (Å²) >= 11 is 24.8. The Balaban J connectivity index is 1.46. The number of amides is 2. The standard InChI is InChI=1S/C33H21Cl4N3O4/c34-26-24-25(27(35)29(37)28(26)36)31(42)40(30(24)41)23(32(43)44)16-22-17-39(18-38-22)33(19-10-4-1-5-11-19,20-12-6-2-7-13-20)21-14-8-3-9-15-21/h1-15,17-18,23H,16H2,(H,43,44)/t23-/m1/s1. The minimum atomic E-state index is -1.63. The highest BCUT2D eigenvalue weighted by atomic mass is 35.5. The van der Waals surface area contributed by atoms with Gasteiger partial charge < -0.3 is 9.67 Å². The van der Waals surface area contributed by atoms with Gasteiger partial charge in [0.2, 0.25) is 0 Å². The second-order valence-corrected chi connectivity index (χ2v) is 11.6. The van der Waals surface area contributed by atoms with Gasteiger partial charge in [-0.05, 0) is 16.7 Å². The molecule has 0 bridgehead atoms. The van der Waals surface area contributed by atoms with Crippen LogP contribution in [0.25, 0.3) is 0 Å². The van der Waals surface area contributed by atoms with Crippen molar-refractivity contribution in [3.8, 4) is 0 Å². The monoisotopic (exact) mass is 663 g/mol. The Bertz CT molecular complexity index is 1770. The van der Waals surface area contributed by atoms with Gasteiger partial charge in [-0.3, -0.25) is 14.5 Å². The molecule has 1 aliphatic rings. The van der Waals surface area contributed by atoms with Gasteiger partial charge >= 0.3 is 5.97 Å². The van der Waals surface area contributed by atoms with Crippen molar-refractivity contribution in [2.24, 2.45) is 0 Å². The number of aromatic nitrogens is 2. The molecule has 220 valence electrons. The molecule has 0 fully saturated rings. The van der Waals surface area contributed by atoms with Gasteiger partial charge in [0, 0.05) is 12.6 Å². The Morgan fingerprint density at radius 2 is 1.11 bits per heavy atom. The summed E-state index contributed by atoms with van der Waals surface area (Å²) < 4.78 is 1.91. The van der Waals surface area contributed by atoms with Gasteiger partial charge in [0.1, 0.15) is 11.6 Å². The zero-order valence-electron chi connectivity index (χ0n) is 22.6. The number of aliphatic carboxylic acids is 1. The van der Waals surface area contributed by atoms with Gasteiger partial charge in [-0.25, -0.2) is 9.78 Å². The number of hydrogen-bond acceptors (Lipinski definition) is 4. The topological polar surface area (TPSA) is 92.5 Å². The summed E-state index contributed by atoms with van der Waals surface area (Å²) in [6.07, 6.45) is 3.06. The van der Waals surface area contributed by atoms with E-state index in [2.05, 4.69) is 4.98 Å². The van der Waals surface area contributed by atoms with Gasteiger partial charge in [0.15, 0.2) is 0 Å². The lowest BCUT2D eigenvalue weighted by atomic mass is 9.77. The summed E-state index contributed by atoms with van der Waals surface area (Å²) in [5.41, 5.74) is 1.68. The van der Waals surface area contributed by atoms with Crippen LogP contribution in [0, 0.1) is 0 Å². The third kappa shape index (κ3) is 4.68. The lowest BCUT2D eigenvalue weighted by Gasteiger charge is -2.37. The van der Waals surface area contributed by atoms with E-state index in [4.69, 9.17) is 46.4 Å². The molecule has 1 N–H and O–H groups in total. The summed E-state index contributed by atoms with van der Waals surface area (Å²) in [5.74, 6) is -3.29. The molecule has 1 aromatic heterocycles. The molecule has 2 amide bonds. The first-order valence-corrected chi connectivity index (χ1v) is 14.9. The number of rotatable bonds is 8. The molecule has 0 saturated carbocycles. The van der Waals surface area contributed by atoms with E-state index in [0.29, 0.717) is 10.6 Å². The number of carboxylic acid groups (broad SMARTS) is 1. The highest BCUT2D eigenvalue weighted by molar-refractivity contribution is 6.55. The first-order valence-electron chi connectivity index (χ1n) is 13.3. The number of fused-ring (bicyclic) bond motifs is 1. The van der Waals surface area contributed by atoms with E-state index in [0.717, 1.165) is 16.7 Å². The van der Waals surface area contributed by atoms with E-state index in [9.17, 15) is 19.5 Å². The maximum absolute atomic E-state index is 13.5. The Morgan fingerprint density at radius 3 is 1.50 bits per heavy atom. The van der Waals surface area contributed by atoms with Gasteiger partial charge in [0.05, 0.1) is 43.2 Å². The largest absolute Gasteiger partial charge is 0.480 e. The molecule has 0 unspecified atom stereocenters. The fraction of sp³-hybridized carbons (Fsp3) is 0.0909. The van der Waals surface area contributed by atoms with Crippen LogP contribution in [0.2, 0.25) is 20.1 Å². The predicted molar refractivity (Wildman–Crippen MR) is 169 cm³/mol. The fourth-order valence-corrected chi connectivity index (χ4v) is 6.79. The number of imide groups is 1. The minimum Gasteiger partial charge on any atom is -0.480 e. The number of nitrogens with zero attached hydrogens (tertiary/aromatic N) is 3. The van der Waals surface area contributed by atoms with Gasteiger partial charge in [-0.2, -0.15) is 0 Å². The number of halogens is 4. The highest BCUT2D eigenvalue weighted by Crippen LogP contribution is 2.46. The molecule has 0 saturated heterocycles. The normalized spacial score (nSPS) is 13.7. The van der Waals surface area contributed by atoms with Gasteiger partial charge in [0.25, 0.3) is 11.8 Å². The molecular formula is C33H21Cl4N3O4. The van der Waals surface area contributed by atoms with E-state index in [1.165, 1.54) is 0 Å². The van der Waals surface area contributed by atoms with Gasteiger partial charge in [-0.15, -0.1) is 0 Å². The van der Waals surface area contributed by atoms with Crippen molar-refractivity contribution < 1.29 is 19.5 Å². The molecule has 11 heteroatoms. The summed E-state index contributed by atoms with van der Waals surface area (Å²) in [7, 11) is 0. The molecule has 44 heavy (non-hydrogen) atoms. The number of benzene rings is 4. The van der Waals surface area contributed by atoms with Gasteiger partial charge in [-0.1, -0.05) is 137 Å². The average Bonchev–Trinajstić information content (AvgIpc) is 3.61. The van der Waals surface area contributed by atoms with Crippen LogP contribution >= 0.6 is 46.4 Å². The van der Waals surface area contributed by atoms with Crippen molar-refractivity contribution in [2.45, 2.75) is 18.0 Å². The molecule has 1 aliphatic heterocycles. The second-order valence-electron chi connectivity index (χ2n) is 10.1. The molecular weight excluding hydrogens is 644 g/mol. The molecule has 2 heterocycles. The summed E-state index contributed by atoms with van der Waals surface area (Å²) in [6, 6.07) is 28.0. The van der Waals surface area contributed by atoms with Crippen LogP contribution in [-0.2, 0) is 16.8 Å². The van der Waals surface area contributed by atoms with Crippen LogP contribution in [0.3, 0.4) is 0 Å². The van der Waals surface area contributed by atoms with Crippen LogP contribution in [0.4, 0.5) is 0 Å². The van der Waals surface area contributed by atoms with Crippen LogP contribution < -0.4 is 0 Å². The molecule has 7 nitrogen and oxygen atoms in total. The van der Waals surface area contributed by atoms with E-state index < -0.39 is 29.4 Å². The van der Waals surface area contributed by atoms with Crippen molar-refractivity contribution in [1.29, 1.82) is 0 Å². The fourth-order valence-electron chi connectivity index (χ4n) is 5.77. The summed E-state index contributed by atoms with van der Waals surface area (Å²) in [6.45, 7) is 0. The molecule has 6 rings (SSSR count). The van der Waals surface area contributed by atoms with E-state index in [1.54, 1.807) is 12.5 Å². The molecule has 0 aliphatic carbocycles. The first-order chi connectivity index (χ1) is 21.2.